The van der Waals surface area contributed by atoms with Gasteiger partial charge in [-0.2, -0.15) is 0 Å². The molecule has 0 heterocycles. The van der Waals surface area contributed by atoms with Crippen LogP contribution in [0.15, 0.2) is 24.3 Å². The van der Waals surface area contributed by atoms with Gasteiger partial charge in [0, 0.05) is 10.2 Å². The lowest BCUT2D eigenvalue weighted by Gasteiger charge is -2.01. The van der Waals surface area contributed by atoms with Crippen molar-refractivity contribution in [1.82, 2.24) is 0 Å². The molecule has 0 fully saturated rings. The number of carboxylic acid groups (broad SMARTS) is 1. The van der Waals surface area contributed by atoms with E-state index in [0.717, 1.165) is 16.0 Å². The van der Waals surface area contributed by atoms with Crippen molar-refractivity contribution >= 4 is 39.0 Å². The number of benzene rings is 1. The summed E-state index contributed by atoms with van der Waals surface area (Å²) in [5.41, 5.74) is 1.75. The Labute approximate surface area is 96.1 Å². The van der Waals surface area contributed by atoms with E-state index in [0.29, 0.717) is 5.33 Å². The summed E-state index contributed by atoms with van der Waals surface area (Å²) in [6, 6.07) is 7.28. The number of alkyl halides is 1. The molecule has 1 N–H and O–H groups in total. The Hall–Kier alpha value is -0.740. The molecule has 1 rings (SSSR count). The normalized spacial score (nSPS) is 9.79. The molecule has 1 aromatic rings. The first-order chi connectivity index (χ1) is 6.63. The monoisotopic (exact) mass is 272 g/mol. The molecular weight excluding hydrogens is 264 g/mol. The summed E-state index contributed by atoms with van der Waals surface area (Å²) in [5, 5.41) is 9.21. The van der Waals surface area contributed by atoms with Crippen molar-refractivity contribution in [2.45, 2.75) is 6.42 Å². The van der Waals surface area contributed by atoms with Crippen LogP contribution in [0.2, 0.25) is 0 Å². The molecule has 1 aromatic carbocycles. The summed E-state index contributed by atoms with van der Waals surface area (Å²) in [7, 11) is 0. The van der Waals surface area contributed by atoms with E-state index in [1.165, 1.54) is 0 Å². The lowest BCUT2D eigenvalue weighted by Crippen LogP contribution is -2.02. The Kier molecular flexibility index (Phi) is 4.22. The lowest BCUT2D eigenvalue weighted by molar-refractivity contribution is -0.136. The minimum Gasteiger partial charge on any atom is -0.481 e. The zero-order valence-electron chi connectivity index (χ0n) is 7.37. The highest BCUT2D eigenvalue weighted by molar-refractivity contribution is 9.09. The number of hydrogen-bond donors (Lipinski definition) is 1. The van der Waals surface area contributed by atoms with Gasteiger partial charge in [-0.1, -0.05) is 52.4 Å². The minimum atomic E-state index is -0.819. The molecule has 0 bridgehead atoms. The molecule has 0 aliphatic rings. The molecule has 0 unspecified atom stereocenters. The first-order valence-corrected chi connectivity index (χ1v) is 5.56. The topological polar surface area (TPSA) is 37.3 Å². The Morgan fingerprint density at radius 2 is 1.93 bits per heavy atom. The molecular formula is C10H9BrO2S. The van der Waals surface area contributed by atoms with Crippen LogP contribution in [0, 0.1) is 0 Å². The van der Waals surface area contributed by atoms with Crippen molar-refractivity contribution in [3.8, 4) is 0 Å². The van der Waals surface area contributed by atoms with Gasteiger partial charge in [-0.05, 0) is 11.1 Å². The molecule has 0 aliphatic heterocycles. The molecule has 0 aromatic heterocycles. The maximum atomic E-state index is 10.4. The third-order valence-electron chi connectivity index (χ3n) is 1.75. The summed E-state index contributed by atoms with van der Waals surface area (Å²) < 4.78 is 0. The Morgan fingerprint density at radius 3 is 2.36 bits per heavy atom. The fraction of sp³-hybridized carbons (Fsp3) is 0.200. The van der Waals surface area contributed by atoms with Gasteiger partial charge in [0.1, 0.15) is 0 Å². The van der Waals surface area contributed by atoms with E-state index in [9.17, 15) is 4.79 Å². The quantitative estimate of drug-likeness (QED) is 0.520. The SMILES string of the molecule is O=C(O)Cc1ccc(C(=S)CBr)cc1. The highest BCUT2D eigenvalue weighted by Gasteiger charge is 2.02. The first kappa shape index (κ1) is 11.3. The third kappa shape index (κ3) is 3.20. The third-order valence-corrected chi connectivity index (χ3v) is 3.06. The smallest absolute Gasteiger partial charge is 0.307 e. The Morgan fingerprint density at radius 1 is 1.36 bits per heavy atom. The summed E-state index contributed by atoms with van der Waals surface area (Å²) in [6.07, 6.45) is 0.0569. The number of thiocarbonyl (C=S) groups is 1. The van der Waals surface area contributed by atoms with Gasteiger partial charge in [0.15, 0.2) is 0 Å². The summed E-state index contributed by atoms with van der Waals surface area (Å²) in [5.74, 6) is -0.819. The molecule has 0 radical (unpaired) electrons. The number of aliphatic carboxylic acids is 1. The van der Waals surface area contributed by atoms with E-state index in [4.69, 9.17) is 17.3 Å². The van der Waals surface area contributed by atoms with Crippen LogP contribution in [0.4, 0.5) is 0 Å². The predicted octanol–water partition coefficient (Wildman–Crippen LogP) is 2.43. The van der Waals surface area contributed by atoms with Crippen LogP contribution in [0.1, 0.15) is 11.1 Å². The van der Waals surface area contributed by atoms with E-state index in [1.54, 1.807) is 12.1 Å². The van der Waals surface area contributed by atoms with Gasteiger partial charge in [0.25, 0.3) is 0 Å². The van der Waals surface area contributed by atoms with Crippen LogP contribution in [0.5, 0.6) is 0 Å². The Balaban J connectivity index is 2.78. The molecule has 0 saturated carbocycles. The van der Waals surface area contributed by atoms with E-state index < -0.39 is 5.97 Å². The number of halogens is 1. The maximum Gasteiger partial charge on any atom is 0.307 e. The summed E-state index contributed by atoms with van der Waals surface area (Å²) in [6.45, 7) is 0. The molecule has 0 atom stereocenters. The maximum absolute atomic E-state index is 10.4. The van der Waals surface area contributed by atoms with Crippen LogP contribution in [-0.2, 0) is 11.2 Å². The fourth-order valence-electron chi connectivity index (χ4n) is 1.06. The van der Waals surface area contributed by atoms with Crippen LogP contribution < -0.4 is 0 Å². The van der Waals surface area contributed by atoms with E-state index in [-0.39, 0.29) is 6.42 Å². The summed E-state index contributed by atoms with van der Waals surface area (Å²) in [4.78, 5) is 11.2. The van der Waals surface area contributed by atoms with Crippen LogP contribution in [0.3, 0.4) is 0 Å². The number of hydrogen-bond acceptors (Lipinski definition) is 2. The van der Waals surface area contributed by atoms with Gasteiger partial charge in [0.05, 0.1) is 6.42 Å². The van der Waals surface area contributed by atoms with Crippen LogP contribution in [-0.4, -0.2) is 21.3 Å². The largest absolute Gasteiger partial charge is 0.481 e. The van der Waals surface area contributed by atoms with Gasteiger partial charge in [-0.25, -0.2) is 0 Å². The molecule has 2 nitrogen and oxygen atoms in total. The zero-order chi connectivity index (χ0) is 10.6. The molecule has 0 amide bonds. The number of rotatable bonds is 4. The van der Waals surface area contributed by atoms with Gasteiger partial charge >= 0.3 is 5.97 Å². The van der Waals surface area contributed by atoms with Crippen molar-refractivity contribution in [1.29, 1.82) is 0 Å². The molecule has 0 spiro atoms. The highest BCUT2D eigenvalue weighted by Crippen LogP contribution is 2.08. The molecule has 14 heavy (non-hydrogen) atoms. The minimum absolute atomic E-state index is 0.0569. The van der Waals surface area contributed by atoms with Crippen molar-refractivity contribution in [3.63, 3.8) is 0 Å². The number of carbonyl (C=O) groups is 1. The second kappa shape index (κ2) is 5.22. The van der Waals surface area contributed by atoms with E-state index >= 15 is 0 Å². The van der Waals surface area contributed by atoms with Crippen LogP contribution >= 0.6 is 28.1 Å². The standard InChI is InChI=1S/C10H9BrO2S/c11-6-9(14)8-3-1-7(2-4-8)5-10(12)13/h1-4H,5-6H2,(H,12,13). The van der Waals surface area contributed by atoms with Crippen molar-refractivity contribution in [3.05, 3.63) is 35.4 Å². The van der Waals surface area contributed by atoms with Crippen molar-refractivity contribution in [2.24, 2.45) is 0 Å². The Bertz CT molecular complexity index is 346. The van der Waals surface area contributed by atoms with Crippen LogP contribution in [0.25, 0.3) is 0 Å². The molecule has 74 valence electrons. The highest BCUT2D eigenvalue weighted by atomic mass is 79.9. The molecule has 0 saturated heterocycles. The predicted molar refractivity (Wildman–Crippen MR) is 63.3 cm³/mol. The lowest BCUT2D eigenvalue weighted by atomic mass is 10.1. The van der Waals surface area contributed by atoms with Crippen molar-refractivity contribution in [2.75, 3.05) is 5.33 Å². The van der Waals surface area contributed by atoms with E-state index in [1.807, 2.05) is 12.1 Å². The van der Waals surface area contributed by atoms with E-state index in [2.05, 4.69) is 15.9 Å². The second-order valence-electron chi connectivity index (χ2n) is 2.82. The molecule has 0 aliphatic carbocycles. The first-order valence-electron chi connectivity index (χ1n) is 4.03. The molecule has 4 heteroatoms. The number of carboxylic acids is 1. The average molecular weight is 273 g/mol. The fourth-order valence-corrected chi connectivity index (χ4v) is 1.52. The van der Waals surface area contributed by atoms with Gasteiger partial charge < -0.3 is 5.11 Å². The second-order valence-corrected chi connectivity index (χ2v) is 3.88. The summed E-state index contributed by atoms with van der Waals surface area (Å²) >= 11 is 8.36. The van der Waals surface area contributed by atoms with Gasteiger partial charge in [-0.3, -0.25) is 4.79 Å². The van der Waals surface area contributed by atoms with Gasteiger partial charge in [0.2, 0.25) is 0 Å². The zero-order valence-corrected chi connectivity index (χ0v) is 9.77. The average Bonchev–Trinajstić information content (AvgIpc) is 2.17. The van der Waals surface area contributed by atoms with Crippen molar-refractivity contribution < 1.29 is 9.90 Å². The van der Waals surface area contributed by atoms with Gasteiger partial charge in [-0.15, -0.1) is 0 Å².